The second kappa shape index (κ2) is 5.82. The van der Waals surface area contributed by atoms with Crippen molar-refractivity contribution in [2.45, 2.75) is 32.2 Å². The maximum atomic E-state index is 11.6. The molecule has 1 aliphatic carbocycles. The van der Waals surface area contributed by atoms with Crippen molar-refractivity contribution >= 4 is 5.91 Å². The molecule has 5 nitrogen and oxygen atoms in total. The van der Waals surface area contributed by atoms with E-state index < -0.39 is 0 Å². The Morgan fingerprint density at radius 3 is 3.12 bits per heavy atom. The molecule has 1 heterocycles. The molecular weight excluding hydrogens is 218 g/mol. The van der Waals surface area contributed by atoms with Gasteiger partial charge < -0.3 is 10.1 Å². The van der Waals surface area contributed by atoms with Crippen molar-refractivity contribution in [1.82, 2.24) is 15.1 Å². The number of aryl methyl sites for hydroxylation is 2. The monoisotopic (exact) mass is 237 g/mol. The molecular formula is C12H19N3O2. The Hall–Kier alpha value is -1.36. The molecule has 0 saturated carbocycles. The Balaban J connectivity index is 1.86. The summed E-state index contributed by atoms with van der Waals surface area (Å²) in [4.78, 5) is 11.6. The Morgan fingerprint density at radius 2 is 2.35 bits per heavy atom. The van der Waals surface area contributed by atoms with E-state index in [1.807, 2.05) is 6.20 Å². The van der Waals surface area contributed by atoms with Crippen molar-refractivity contribution < 1.29 is 9.53 Å². The molecule has 17 heavy (non-hydrogen) atoms. The second-order valence-corrected chi connectivity index (χ2v) is 4.35. The number of hydrogen-bond acceptors (Lipinski definition) is 3. The molecule has 0 bridgehead atoms. The third-order valence-electron chi connectivity index (χ3n) is 2.97. The normalized spacial score (nSPS) is 14.4. The molecule has 1 aromatic heterocycles. The van der Waals surface area contributed by atoms with Crippen LogP contribution in [0.3, 0.4) is 0 Å². The zero-order valence-electron chi connectivity index (χ0n) is 10.2. The van der Waals surface area contributed by atoms with Crippen LogP contribution in [0.2, 0.25) is 0 Å². The molecule has 1 amide bonds. The van der Waals surface area contributed by atoms with Gasteiger partial charge in [0.1, 0.15) is 6.54 Å². The lowest BCUT2D eigenvalue weighted by Crippen LogP contribution is -2.30. The molecule has 0 spiro atoms. The molecule has 2 rings (SSSR count). The second-order valence-electron chi connectivity index (χ2n) is 4.35. The maximum Gasteiger partial charge on any atom is 0.241 e. The van der Waals surface area contributed by atoms with Crippen LogP contribution in [0.15, 0.2) is 6.20 Å². The van der Waals surface area contributed by atoms with E-state index in [2.05, 4.69) is 10.4 Å². The standard InChI is InChI=1S/C12H19N3O2/c1-17-7-6-13-12(16)9-15-8-10-4-2-3-5-11(10)14-15/h8H,2-7,9H2,1H3,(H,13,16). The number of nitrogens with one attached hydrogen (secondary N) is 1. The molecule has 0 radical (unpaired) electrons. The van der Waals surface area contributed by atoms with Gasteiger partial charge in [0.05, 0.1) is 12.3 Å². The third kappa shape index (κ3) is 3.30. The average Bonchev–Trinajstić information content (AvgIpc) is 2.71. The molecule has 0 fully saturated rings. The van der Waals surface area contributed by atoms with E-state index in [1.54, 1.807) is 11.8 Å². The Morgan fingerprint density at radius 1 is 1.53 bits per heavy atom. The van der Waals surface area contributed by atoms with Gasteiger partial charge in [-0.05, 0) is 31.2 Å². The lowest BCUT2D eigenvalue weighted by molar-refractivity contribution is -0.122. The molecule has 0 saturated heterocycles. The highest BCUT2D eigenvalue weighted by Crippen LogP contribution is 2.19. The summed E-state index contributed by atoms with van der Waals surface area (Å²) in [5.74, 6) is -0.0121. The fourth-order valence-electron chi connectivity index (χ4n) is 2.11. The predicted molar refractivity (Wildman–Crippen MR) is 63.8 cm³/mol. The van der Waals surface area contributed by atoms with Gasteiger partial charge in [-0.2, -0.15) is 5.10 Å². The number of aromatic nitrogens is 2. The quantitative estimate of drug-likeness (QED) is 0.760. The molecule has 0 aromatic carbocycles. The summed E-state index contributed by atoms with van der Waals surface area (Å²) in [6.07, 6.45) is 6.60. The molecule has 1 aliphatic rings. The summed E-state index contributed by atoms with van der Waals surface area (Å²) in [7, 11) is 1.62. The largest absolute Gasteiger partial charge is 0.383 e. The number of carbonyl (C=O) groups is 1. The van der Waals surface area contributed by atoms with E-state index in [9.17, 15) is 4.79 Å². The van der Waals surface area contributed by atoms with Gasteiger partial charge in [-0.15, -0.1) is 0 Å². The van der Waals surface area contributed by atoms with Gasteiger partial charge in [-0.25, -0.2) is 0 Å². The fourth-order valence-corrected chi connectivity index (χ4v) is 2.11. The summed E-state index contributed by atoms with van der Waals surface area (Å²) in [5.41, 5.74) is 2.47. The lowest BCUT2D eigenvalue weighted by atomic mass is 9.99. The predicted octanol–water partition coefficient (Wildman–Crippen LogP) is 0.524. The van der Waals surface area contributed by atoms with E-state index in [0.29, 0.717) is 19.7 Å². The van der Waals surface area contributed by atoms with Crippen molar-refractivity contribution in [3.8, 4) is 0 Å². The molecule has 0 aliphatic heterocycles. The van der Waals surface area contributed by atoms with Gasteiger partial charge >= 0.3 is 0 Å². The Bertz CT molecular complexity index is 364. The number of carbonyl (C=O) groups excluding carboxylic acids is 1. The number of ether oxygens (including phenoxy) is 1. The topological polar surface area (TPSA) is 56.1 Å². The first-order valence-corrected chi connectivity index (χ1v) is 6.10. The zero-order chi connectivity index (χ0) is 12.1. The van der Waals surface area contributed by atoms with Gasteiger partial charge in [-0.3, -0.25) is 9.48 Å². The van der Waals surface area contributed by atoms with E-state index in [4.69, 9.17) is 4.74 Å². The van der Waals surface area contributed by atoms with Crippen molar-refractivity contribution in [2.75, 3.05) is 20.3 Å². The number of amides is 1. The number of fused-ring (bicyclic) bond motifs is 1. The van der Waals surface area contributed by atoms with Gasteiger partial charge in [0.25, 0.3) is 0 Å². The van der Waals surface area contributed by atoms with Crippen molar-refractivity contribution in [2.24, 2.45) is 0 Å². The average molecular weight is 237 g/mol. The van der Waals surface area contributed by atoms with Crippen LogP contribution < -0.4 is 5.32 Å². The number of hydrogen-bond donors (Lipinski definition) is 1. The van der Waals surface area contributed by atoms with Gasteiger partial charge in [0.15, 0.2) is 0 Å². The van der Waals surface area contributed by atoms with Gasteiger partial charge in [0, 0.05) is 19.9 Å². The molecule has 1 N–H and O–H groups in total. The van der Waals surface area contributed by atoms with Crippen LogP contribution in [-0.2, 0) is 28.9 Å². The summed E-state index contributed by atoms with van der Waals surface area (Å²) >= 11 is 0. The molecule has 0 atom stereocenters. The molecule has 5 heteroatoms. The summed E-state index contributed by atoms with van der Waals surface area (Å²) < 4.78 is 6.62. The van der Waals surface area contributed by atoms with E-state index in [-0.39, 0.29) is 5.91 Å². The van der Waals surface area contributed by atoms with Crippen LogP contribution in [0, 0.1) is 0 Å². The fraction of sp³-hybridized carbons (Fsp3) is 0.667. The zero-order valence-corrected chi connectivity index (χ0v) is 10.2. The number of rotatable bonds is 5. The van der Waals surface area contributed by atoms with Crippen LogP contribution in [0.25, 0.3) is 0 Å². The highest BCUT2D eigenvalue weighted by atomic mass is 16.5. The minimum Gasteiger partial charge on any atom is -0.383 e. The summed E-state index contributed by atoms with van der Waals surface area (Å²) in [6, 6.07) is 0. The van der Waals surface area contributed by atoms with Crippen LogP contribution in [0.5, 0.6) is 0 Å². The molecule has 1 aromatic rings. The molecule has 94 valence electrons. The maximum absolute atomic E-state index is 11.6. The van der Waals surface area contributed by atoms with Crippen LogP contribution in [0.1, 0.15) is 24.1 Å². The first-order valence-electron chi connectivity index (χ1n) is 6.10. The highest BCUT2D eigenvalue weighted by molar-refractivity contribution is 5.75. The molecule has 0 unspecified atom stereocenters. The smallest absolute Gasteiger partial charge is 0.241 e. The van der Waals surface area contributed by atoms with Gasteiger partial charge in [-0.1, -0.05) is 0 Å². The first-order chi connectivity index (χ1) is 8.29. The number of nitrogens with zero attached hydrogens (tertiary/aromatic N) is 2. The lowest BCUT2D eigenvalue weighted by Gasteiger charge is -2.06. The Labute approximate surface area is 101 Å². The van der Waals surface area contributed by atoms with Crippen molar-refractivity contribution in [3.05, 3.63) is 17.5 Å². The van der Waals surface area contributed by atoms with Gasteiger partial charge in [0.2, 0.25) is 5.91 Å². The van der Waals surface area contributed by atoms with Crippen LogP contribution in [0.4, 0.5) is 0 Å². The summed E-state index contributed by atoms with van der Waals surface area (Å²) in [5, 5.41) is 7.23. The number of methoxy groups -OCH3 is 1. The highest BCUT2D eigenvalue weighted by Gasteiger charge is 2.14. The van der Waals surface area contributed by atoms with E-state index in [1.165, 1.54) is 24.1 Å². The third-order valence-corrected chi connectivity index (χ3v) is 2.97. The first kappa shape index (κ1) is 12.1. The van der Waals surface area contributed by atoms with E-state index >= 15 is 0 Å². The van der Waals surface area contributed by atoms with E-state index in [0.717, 1.165) is 12.8 Å². The SMILES string of the molecule is COCCNC(=O)Cn1cc2c(n1)CCCC2. The minimum absolute atomic E-state index is 0.0121. The summed E-state index contributed by atoms with van der Waals surface area (Å²) in [6.45, 7) is 1.40. The van der Waals surface area contributed by atoms with Crippen LogP contribution in [-0.4, -0.2) is 35.9 Å². The van der Waals surface area contributed by atoms with Crippen LogP contribution >= 0.6 is 0 Å². The van der Waals surface area contributed by atoms with Crippen molar-refractivity contribution in [1.29, 1.82) is 0 Å². The van der Waals surface area contributed by atoms with Crippen molar-refractivity contribution in [3.63, 3.8) is 0 Å². The minimum atomic E-state index is -0.0121. The Kier molecular flexibility index (Phi) is 4.14.